The Kier molecular flexibility index (Phi) is 8.92. The van der Waals surface area contributed by atoms with Gasteiger partial charge in [-0.2, -0.15) is 0 Å². The number of phenolic OH excluding ortho intramolecular Hbond substituents is 2. The lowest BCUT2D eigenvalue weighted by Gasteiger charge is -2.32. The van der Waals surface area contributed by atoms with Crippen molar-refractivity contribution in [2.24, 2.45) is 5.16 Å². The van der Waals surface area contributed by atoms with E-state index in [0.717, 1.165) is 44.7 Å². The molecule has 1 saturated heterocycles. The first kappa shape index (κ1) is 24.4. The van der Waals surface area contributed by atoms with E-state index in [9.17, 15) is 19.8 Å². The number of nitrogens with zero attached hydrogens (tertiary/aromatic N) is 2. The second-order valence-electron chi connectivity index (χ2n) is 8.34. The lowest BCUT2D eigenvalue weighted by atomic mass is 10.00. The number of esters is 1. The van der Waals surface area contributed by atoms with Crippen LogP contribution in [0.3, 0.4) is 0 Å². The van der Waals surface area contributed by atoms with Crippen molar-refractivity contribution >= 4 is 17.6 Å². The van der Waals surface area contributed by atoms with E-state index in [1.165, 1.54) is 6.07 Å². The van der Waals surface area contributed by atoms with Crippen molar-refractivity contribution in [1.29, 1.82) is 0 Å². The number of amides is 1. The number of cyclic esters (lactones) is 1. The molecule has 8 nitrogen and oxygen atoms in total. The van der Waals surface area contributed by atoms with Gasteiger partial charge in [0.25, 0.3) is 5.91 Å². The highest BCUT2D eigenvalue weighted by Crippen LogP contribution is 2.29. The molecule has 0 bridgehead atoms. The average Bonchev–Trinajstić information content (AvgIpc) is 2.77. The summed E-state index contributed by atoms with van der Waals surface area (Å²) in [6.07, 6.45) is 13.0. The standard InChI is InChI=1S/C25H32N2O6/c1-18-10-7-8-12-27(18)23(30)17-33-26-20-11-6-4-2-3-5-9-13-32-25(31)24-19(14-20)15-21(28)16-22(24)29/h3,5-6,11,15-16,18,28-29H,2,4,7-10,12-14,17H2,1H3. The van der Waals surface area contributed by atoms with Gasteiger partial charge in [-0.25, -0.2) is 4.79 Å². The van der Waals surface area contributed by atoms with Crippen molar-refractivity contribution in [3.05, 3.63) is 47.6 Å². The van der Waals surface area contributed by atoms with Crippen molar-refractivity contribution in [2.75, 3.05) is 19.8 Å². The van der Waals surface area contributed by atoms with Gasteiger partial charge in [0.1, 0.15) is 17.1 Å². The minimum atomic E-state index is -0.675. The van der Waals surface area contributed by atoms with E-state index in [4.69, 9.17) is 9.57 Å². The molecule has 0 aromatic heterocycles. The highest BCUT2D eigenvalue weighted by atomic mass is 16.6. The molecule has 0 aliphatic carbocycles. The Balaban J connectivity index is 1.81. The van der Waals surface area contributed by atoms with Crippen LogP contribution in [-0.4, -0.2) is 58.5 Å². The van der Waals surface area contributed by atoms with E-state index >= 15 is 0 Å². The van der Waals surface area contributed by atoms with Gasteiger partial charge < -0.3 is 24.7 Å². The van der Waals surface area contributed by atoms with Gasteiger partial charge in [-0.05, 0) is 63.2 Å². The molecule has 2 aliphatic heterocycles. The van der Waals surface area contributed by atoms with Crippen molar-refractivity contribution in [2.45, 2.75) is 57.9 Å². The number of phenols is 2. The molecule has 0 spiro atoms. The van der Waals surface area contributed by atoms with Crippen molar-refractivity contribution < 1.29 is 29.4 Å². The third-order valence-electron chi connectivity index (χ3n) is 5.75. The number of ether oxygens (including phenoxy) is 1. The quantitative estimate of drug-likeness (QED) is 0.406. The predicted octanol–water partition coefficient (Wildman–Crippen LogP) is 3.87. The molecule has 178 valence electrons. The smallest absolute Gasteiger partial charge is 0.342 e. The summed E-state index contributed by atoms with van der Waals surface area (Å²) in [6, 6.07) is 2.69. The normalized spacial score (nSPS) is 21.2. The SMILES string of the molecule is CC1CCCCN1C(=O)CON=C1C=CCCC=CCCOC(=O)c2c(O)cc(O)cc2C1. The van der Waals surface area contributed by atoms with Gasteiger partial charge in [-0.3, -0.25) is 4.79 Å². The highest BCUT2D eigenvalue weighted by molar-refractivity contribution is 6.00. The van der Waals surface area contributed by atoms with Crippen molar-refractivity contribution in [3.8, 4) is 11.5 Å². The summed E-state index contributed by atoms with van der Waals surface area (Å²) in [4.78, 5) is 32.4. The summed E-state index contributed by atoms with van der Waals surface area (Å²) < 4.78 is 5.29. The molecule has 2 heterocycles. The van der Waals surface area contributed by atoms with Crippen LogP contribution in [0.25, 0.3) is 0 Å². The largest absolute Gasteiger partial charge is 0.508 e. The first-order valence-corrected chi connectivity index (χ1v) is 11.5. The molecule has 1 atom stereocenters. The number of hydrogen-bond donors (Lipinski definition) is 2. The molecule has 1 unspecified atom stereocenters. The van der Waals surface area contributed by atoms with Gasteiger partial charge in [0.2, 0.25) is 0 Å². The lowest BCUT2D eigenvalue weighted by Crippen LogP contribution is -2.43. The minimum Gasteiger partial charge on any atom is -0.508 e. The summed E-state index contributed by atoms with van der Waals surface area (Å²) >= 11 is 0. The Morgan fingerprint density at radius 2 is 1.97 bits per heavy atom. The molecule has 33 heavy (non-hydrogen) atoms. The number of hydrogen-bond acceptors (Lipinski definition) is 7. The van der Waals surface area contributed by atoms with Crippen LogP contribution in [-0.2, 0) is 20.8 Å². The lowest BCUT2D eigenvalue weighted by molar-refractivity contribution is -0.139. The van der Waals surface area contributed by atoms with E-state index in [0.29, 0.717) is 17.7 Å². The van der Waals surface area contributed by atoms with Crippen molar-refractivity contribution in [3.63, 3.8) is 0 Å². The molecule has 0 saturated carbocycles. The number of rotatable bonds is 3. The van der Waals surface area contributed by atoms with Gasteiger partial charge in [0.05, 0.1) is 12.3 Å². The Bertz CT molecular complexity index is 937. The predicted molar refractivity (Wildman–Crippen MR) is 124 cm³/mol. The van der Waals surface area contributed by atoms with Crippen LogP contribution < -0.4 is 0 Å². The number of oxime groups is 1. The van der Waals surface area contributed by atoms with E-state index in [1.807, 2.05) is 30.1 Å². The fraction of sp³-hybridized carbons (Fsp3) is 0.480. The second kappa shape index (κ2) is 12.1. The van der Waals surface area contributed by atoms with Gasteiger partial charge in [0, 0.05) is 25.1 Å². The molecule has 0 radical (unpaired) electrons. The van der Waals surface area contributed by atoms with E-state index in [2.05, 4.69) is 5.16 Å². The maximum absolute atomic E-state index is 12.6. The zero-order chi connectivity index (χ0) is 23.6. The minimum absolute atomic E-state index is 0.0202. The van der Waals surface area contributed by atoms with E-state index in [1.54, 1.807) is 6.08 Å². The maximum atomic E-state index is 12.6. The summed E-state index contributed by atoms with van der Waals surface area (Å²) in [6.45, 7) is 2.77. The number of carbonyl (C=O) groups is 2. The van der Waals surface area contributed by atoms with Gasteiger partial charge >= 0.3 is 5.97 Å². The Labute approximate surface area is 194 Å². The maximum Gasteiger partial charge on any atom is 0.342 e. The Morgan fingerprint density at radius 1 is 1.18 bits per heavy atom. The first-order valence-electron chi connectivity index (χ1n) is 11.5. The van der Waals surface area contributed by atoms with Crippen LogP contribution in [0.1, 0.15) is 61.4 Å². The topological polar surface area (TPSA) is 109 Å². The van der Waals surface area contributed by atoms with Crippen LogP contribution in [0.4, 0.5) is 0 Å². The highest BCUT2D eigenvalue weighted by Gasteiger charge is 2.24. The van der Waals surface area contributed by atoms with Gasteiger partial charge in [-0.15, -0.1) is 0 Å². The number of piperidine rings is 1. The number of aromatic hydroxyl groups is 2. The monoisotopic (exact) mass is 456 g/mol. The third kappa shape index (κ3) is 7.10. The zero-order valence-electron chi connectivity index (χ0n) is 19.0. The fourth-order valence-electron chi connectivity index (χ4n) is 4.02. The molecule has 1 aromatic carbocycles. The molecular weight excluding hydrogens is 424 g/mol. The molecule has 2 N–H and O–H groups in total. The average molecular weight is 457 g/mol. The van der Waals surface area contributed by atoms with Crippen LogP contribution in [0.5, 0.6) is 11.5 Å². The Hall–Kier alpha value is -3.29. The number of allylic oxidation sites excluding steroid dienone is 3. The van der Waals surface area contributed by atoms with Crippen molar-refractivity contribution in [1.82, 2.24) is 4.90 Å². The molecule has 1 aromatic rings. The summed E-state index contributed by atoms with van der Waals surface area (Å²) in [5.74, 6) is -1.33. The molecule has 8 heteroatoms. The number of fused-ring (bicyclic) bond motifs is 1. The molecule has 1 amide bonds. The number of benzene rings is 1. The zero-order valence-corrected chi connectivity index (χ0v) is 19.0. The number of likely N-dealkylation sites (tertiary alicyclic amines) is 1. The summed E-state index contributed by atoms with van der Waals surface area (Å²) in [5.41, 5.74) is 0.788. The second-order valence-corrected chi connectivity index (χ2v) is 8.34. The molecule has 1 fully saturated rings. The summed E-state index contributed by atoms with van der Waals surface area (Å²) in [5, 5.41) is 24.4. The molecule has 2 aliphatic rings. The van der Waals surface area contributed by atoms with Crippen LogP contribution in [0.2, 0.25) is 0 Å². The van der Waals surface area contributed by atoms with Crippen LogP contribution in [0, 0.1) is 0 Å². The molecular formula is C25H32N2O6. The van der Waals surface area contributed by atoms with Crippen LogP contribution >= 0.6 is 0 Å². The number of carbonyl (C=O) groups excluding carboxylic acids is 2. The van der Waals surface area contributed by atoms with Crippen LogP contribution in [0.15, 0.2) is 41.6 Å². The first-order chi connectivity index (χ1) is 16.0. The van der Waals surface area contributed by atoms with Gasteiger partial charge in [0.15, 0.2) is 6.61 Å². The molecule has 3 rings (SSSR count). The Morgan fingerprint density at radius 3 is 2.79 bits per heavy atom. The third-order valence-corrected chi connectivity index (χ3v) is 5.75. The fourth-order valence-corrected chi connectivity index (χ4v) is 4.02. The summed E-state index contributed by atoms with van der Waals surface area (Å²) in [7, 11) is 0. The van der Waals surface area contributed by atoms with Gasteiger partial charge in [-0.1, -0.05) is 23.4 Å². The van der Waals surface area contributed by atoms with E-state index < -0.39 is 5.97 Å². The van der Waals surface area contributed by atoms with E-state index in [-0.39, 0.29) is 48.6 Å².